The summed E-state index contributed by atoms with van der Waals surface area (Å²) < 4.78 is 36.2. The van der Waals surface area contributed by atoms with Gasteiger partial charge in [0.1, 0.15) is 13.2 Å². The van der Waals surface area contributed by atoms with E-state index >= 15 is 0 Å². The Labute approximate surface area is 379 Å². The third kappa shape index (κ3) is 16.1. The largest absolute Gasteiger partial charge is 0.481 e. The molecule has 0 bridgehead atoms. The normalized spacial score (nSPS) is 12.2. The second-order valence-electron chi connectivity index (χ2n) is 14.7. The predicted octanol–water partition coefficient (Wildman–Crippen LogP) is 7.36. The smallest absolute Gasteiger partial charge is 0.306 e. The van der Waals surface area contributed by atoms with Gasteiger partial charge in [-0.25, -0.2) is 0 Å². The van der Waals surface area contributed by atoms with Crippen LogP contribution in [0.25, 0.3) is 11.1 Å². The predicted molar refractivity (Wildman–Crippen MR) is 239 cm³/mol. The zero-order valence-corrected chi connectivity index (χ0v) is 38.8. The van der Waals surface area contributed by atoms with Crippen LogP contribution in [-0.4, -0.2) is 102 Å². The molecule has 0 aliphatic heterocycles. The van der Waals surface area contributed by atoms with E-state index in [1.54, 1.807) is 14.2 Å². The molecule has 4 aromatic rings. The Kier molecular flexibility index (Phi) is 21.3. The molecule has 17 heteroatoms. The SMILES string of the molecule is COCCCOc1nc(OCc2cccc(-c3cccc(COc4nc(OCCCOC)c(CNC[C@@H](O)CC(=O)O)cc4Br)c3C)c2C)c(Br)cc1CCC[C@@H](O)CC(=O)O. The van der Waals surface area contributed by atoms with Crippen molar-refractivity contribution in [1.29, 1.82) is 0 Å². The maximum atomic E-state index is 11.0. The summed E-state index contributed by atoms with van der Waals surface area (Å²) in [4.78, 5) is 31.4. The van der Waals surface area contributed by atoms with Crippen molar-refractivity contribution >= 4 is 43.8 Å². The Balaban J connectivity index is 1.49. The Morgan fingerprint density at radius 2 is 1.13 bits per heavy atom. The van der Waals surface area contributed by atoms with Crippen LogP contribution in [0.3, 0.4) is 0 Å². The van der Waals surface area contributed by atoms with Gasteiger partial charge in [-0.1, -0.05) is 36.4 Å². The van der Waals surface area contributed by atoms with Gasteiger partial charge in [-0.05, 0) is 110 Å². The highest BCUT2D eigenvalue weighted by Crippen LogP contribution is 2.35. The van der Waals surface area contributed by atoms with E-state index in [0.717, 1.165) is 38.9 Å². The minimum Gasteiger partial charge on any atom is -0.481 e. The van der Waals surface area contributed by atoms with Crippen molar-refractivity contribution in [2.24, 2.45) is 0 Å². The van der Waals surface area contributed by atoms with Crippen molar-refractivity contribution in [3.05, 3.63) is 90.9 Å². The van der Waals surface area contributed by atoms with Crippen molar-refractivity contribution in [3.63, 3.8) is 0 Å². The number of carboxylic acids is 2. The number of nitrogens with one attached hydrogen (secondary N) is 1. The number of aliphatic hydroxyl groups excluding tert-OH is 2. The first-order valence-electron chi connectivity index (χ1n) is 20.4. The topological polar surface area (TPSA) is 208 Å². The zero-order valence-electron chi connectivity index (χ0n) is 35.6. The summed E-state index contributed by atoms with van der Waals surface area (Å²) in [5, 5.41) is 41.1. The number of hydrogen-bond acceptors (Lipinski definition) is 13. The number of aliphatic carboxylic acids is 2. The van der Waals surface area contributed by atoms with Crippen molar-refractivity contribution in [2.75, 3.05) is 47.2 Å². The number of carboxylic acid groups (broad SMARTS) is 2. The van der Waals surface area contributed by atoms with E-state index in [9.17, 15) is 19.8 Å². The minimum atomic E-state index is -1.08. The van der Waals surface area contributed by atoms with Crippen LogP contribution in [0, 0.1) is 13.8 Å². The molecule has 0 aliphatic rings. The standard InChI is InChI=1S/C45H57Br2N3O12/c1-28-31(26-61-44-38(46)20-30(10-5-13-34(51)22-40(53)54)42(49-44)59-18-8-16-57-3)11-6-14-36(28)37-15-7-12-32(29(37)2)27-62-45-39(47)21-33(24-48-25-35(52)23-41(55)56)43(50-45)60-19-9-17-58-4/h6-7,11-12,14-15,20-21,34-35,48,51-52H,5,8-10,13,16-19,22-27H2,1-4H3,(H,53,54)(H,55,56)/t34-,35+/m1/s1. The van der Waals surface area contributed by atoms with Gasteiger partial charge >= 0.3 is 11.9 Å². The van der Waals surface area contributed by atoms with E-state index in [1.165, 1.54) is 0 Å². The molecule has 0 fully saturated rings. The first-order chi connectivity index (χ1) is 29.8. The lowest BCUT2D eigenvalue weighted by molar-refractivity contribution is -0.140. The number of aromatic nitrogens is 2. The van der Waals surface area contributed by atoms with Gasteiger partial charge in [0.05, 0.1) is 47.2 Å². The van der Waals surface area contributed by atoms with Crippen molar-refractivity contribution in [1.82, 2.24) is 15.3 Å². The number of rotatable bonds is 29. The lowest BCUT2D eigenvalue weighted by Crippen LogP contribution is -2.28. The Morgan fingerprint density at radius 1 is 0.645 bits per heavy atom. The van der Waals surface area contributed by atoms with Crippen LogP contribution in [0.5, 0.6) is 23.5 Å². The quantitative estimate of drug-likeness (QED) is 0.0337. The molecule has 0 saturated heterocycles. The number of aryl methyl sites for hydroxylation is 1. The number of hydrogen-bond donors (Lipinski definition) is 5. The second kappa shape index (κ2) is 26.3. The van der Waals surface area contributed by atoms with Crippen molar-refractivity contribution in [3.8, 4) is 34.6 Å². The molecule has 15 nitrogen and oxygen atoms in total. The molecule has 62 heavy (non-hydrogen) atoms. The van der Waals surface area contributed by atoms with Crippen LogP contribution in [0.2, 0.25) is 0 Å². The number of pyridine rings is 2. The second-order valence-corrected chi connectivity index (χ2v) is 16.4. The maximum absolute atomic E-state index is 11.0. The van der Waals surface area contributed by atoms with E-state index in [-0.39, 0.29) is 39.1 Å². The number of ether oxygens (including phenoxy) is 6. The number of benzene rings is 2. The zero-order chi connectivity index (χ0) is 45.0. The highest BCUT2D eigenvalue weighted by atomic mass is 79.9. The van der Waals surface area contributed by atoms with Crippen molar-refractivity contribution in [2.45, 2.75) is 90.8 Å². The molecule has 4 rings (SSSR count). The number of carbonyl (C=O) groups is 2. The molecule has 0 spiro atoms. The summed E-state index contributed by atoms with van der Waals surface area (Å²) in [6.45, 7) is 6.73. The van der Waals surface area contributed by atoms with E-state index < -0.39 is 24.1 Å². The summed E-state index contributed by atoms with van der Waals surface area (Å²) in [6, 6.07) is 15.9. The summed E-state index contributed by atoms with van der Waals surface area (Å²) >= 11 is 7.22. The number of halogens is 2. The fraction of sp³-hybridized carbons (Fsp3) is 0.467. The molecule has 2 aromatic heterocycles. The molecule has 0 saturated carbocycles. The molecule has 5 N–H and O–H groups in total. The first kappa shape index (κ1) is 50.3. The van der Waals surface area contributed by atoms with E-state index in [4.69, 9.17) is 43.6 Å². The molecule has 2 aromatic carbocycles. The Morgan fingerprint density at radius 3 is 1.63 bits per heavy atom. The highest BCUT2D eigenvalue weighted by Gasteiger charge is 2.19. The molecule has 338 valence electrons. The first-order valence-corrected chi connectivity index (χ1v) is 21.9. The van der Waals surface area contributed by atoms with Gasteiger partial charge in [0.2, 0.25) is 23.5 Å². The monoisotopic (exact) mass is 989 g/mol. The molecule has 0 aliphatic carbocycles. The minimum absolute atomic E-state index is 0.0832. The van der Waals surface area contributed by atoms with Gasteiger partial charge in [0.25, 0.3) is 0 Å². The number of nitrogens with zero attached hydrogens (tertiary/aromatic N) is 2. The van der Waals surface area contributed by atoms with E-state index in [0.29, 0.717) is 96.6 Å². The molecule has 2 atom stereocenters. The fourth-order valence-corrected chi connectivity index (χ4v) is 7.48. The van der Waals surface area contributed by atoms with Gasteiger partial charge in [-0.15, -0.1) is 0 Å². The van der Waals surface area contributed by atoms with Crippen LogP contribution in [0.15, 0.2) is 57.5 Å². The lowest BCUT2D eigenvalue weighted by atomic mass is 9.92. The molecule has 2 heterocycles. The van der Waals surface area contributed by atoms with E-state index in [1.807, 2.05) is 36.4 Å². The van der Waals surface area contributed by atoms with Gasteiger partial charge in [0.15, 0.2) is 0 Å². The average Bonchev–Trinajstić information content (AvgIpc) is 3.22. The van der Waals surface area contributed by atoms with Crippen LogP contribution in [0.1, 0.15) is 71.9 Å². The maximum Gasteiger partial charge on any atom is 0.306 e. The summed E-state index contributed by atoms with van der Waals surface area (Å²) in [6.07, 6.45) is 0.0884. The molecular weight excluding hydrogens is 934 g/mol. The Hall–Kier alpha value is -4.36. The van der Waals surface area contributed by atoms with Crippen molar-refractivity contribution < 1.29 is 58.4 Å². The molecule has 0 radical (unpaired) electrons. The molecule has 0 amide bonds. The van der Waals surface area contributed by atoms with Gasteiger partial charge in [-0.3, -0.25) is 9.59 Å². The van der Waals surface area contributed by atoms with E-state index in [2.05, 4.69) is 68.1 Å². The van der Waals surface area contributed by atoms with Crippen LogP contribution in [-0.2, 0) is 45.2 Å². The lowest BCUT2D eigenvalue weighted by Gasteiger charge is -2.18. The van der Waals surface area contributed by atoms with Gasteiger partial charge < -0.3 is 54.2 Å². The van der Waals surface area contributed by atoms with Crippen LogP contribution < -0.4 is 24.3 Å². The Bertz CT molecular complexity index is 1930. The molecule has 0 unspecified atom stereocenters. The third-order valence-electron chi connectivity index (χ3n) is 9.84. The summed E-state index contributed by atoms with van der Waals surface area (Å²) in [5.41, 5.74) is 7.59. The number of aliphatic hydroxyl groups is 2. The van der Waals surface area contributed by atoms with Gasteiger partial charge in [0, 0.05) is 64.5 Å². The van der Waals surface area contributed by atoms with Crippen LogP contribution in [0.4, 0.5) is 0 Å². The number of methoxy groups -OCH3 is 2. The van der Waals surface area contributed by atoms with Gasteiger partial charge in [-0.2, -0.15) is 9.97 Å². The van der Waals surface area contributed by atoms with Crippen LogP contribution >= 0.6 is 31.9 Å². The fourth-order valence-electron chi connectivity index (χ4n) is 6.52. The third-order valence-corrected chi connectivity index (χ3v) is 11.0. The summed E-state index contributed by atoms with van der Waals surface area (Å²) in [7, 11) is 3.25. The molecular formula is C45H57Br2N3O12. The summed E-state index contributed by atoms with van der Waals surface area (Å²) in [5.74, 6) is -0.638. The highest BCUT2D eigenvalue weighted by molar-refractivity contribution is 9.10. The average molecular weight is 992 g/mol.